The lowest BCUT2D eigenvalue weighted by atomic mass is 9.69. The van der Waals surface area contributed by atoms with Gasteiger partial charge in [-0.1, -0.05) is 71.1 Å². The molecular formula is C42H57F5O2S2. The summed E-state index contributed by atoms with van der Waals surface area (Å²) in [5.74, 6) is 7.69. The van der Waals surface area contributed by atoms with E-state index in [0.29, 0.717) is 47.6 Å². The van der Waals surface area contributed by atoms with Crippen LogP contribution in [0.5, 0.6) is 11.5 Å². The van der Waals surface area contributed by atoms with E-state index in [-0.39, 0.29) is 0 Å². The molecule has 0 amide bonds. The summed E-state index contributed by atoms with van der Waals surface area (Å²) in [6.45, 7) is 6.03. The van der Waals surface area contributed by atoms with Gasteiger partial charge in [0.1, 0.15) is 16.4 Å². The smallest absolute Gasteiger partial charge is 0.310 e. The summed E-state index contributed by atoms with van der Waals surface area (Å²) < 4.78 is 81.3. The molecule has 1 aromatic heterocycles. The van der Waals surface area contributed by atoms with Crippen molar-refractivity contribution in [3.05, 3.63) is 42.5 Å². The molecule has 4 aliphatic carbocycles. The highest BCUT2D eigenvalue weighted by atomic mass is 32.5. The van der Waals surface area contributed by atoms with Crippen molar-refractivity contribution >= 4 is 31.6 Å². The van der Waals surface area contributed by atoms with Gasteiger partial charge >= 0.3 is 10.2 Å². The largest absolute Gasteiger partial charge is 0.493 e. The van der Waals surface area contributed by atoms with Crippen molar-refractivity contribution in [2.45, 2.75) is 121 Å². The topological polar surface area (TPSA) is 18.5 Å². The molecule has 284 valence electrons. The summed E-state index contributed by atoms with van der Waals surface area (Å²) in [4.78, 5) is -1.17. The molecule has 0 spiro atoms. The van der Waals surface area contributed by atoms with Crippen LogP contribution in [0, 0.1) is 47.3 Å². The monoisotopic (exact) mass is 752 g/mol. The molecule has 0 aliphatic heterocycles. The number of ether oxygens (including phenoxy) is 2. The lowest BCUT2D eigenvalue weighted by Gasteiger charge is -2.40. The fourth-order valence-electron chi connectivity index (χ4n) is 9.91. The summed E-state index contributed by atoms with van der Waals surface area (Å²) in [6, 6.07) is 9.18. The Balaban J connectivity index is 1.04. The third-order valence-electron chi connectivity index (χ3n) is 13.4. The first kappa shape index (κ1) is 37.3. The molecule has 7 rings (SSSR count). The van der Waals surface area contributed by atoms with Crippen LogP contribution in [0.4, 0.5) is 19.4 Å². The Morgan fingerprint density at radius 1 is 0.549 bits per heavy atom. The highest BCUT2D eigenvalue weighted by Crippen LogP contribution is 3.02. The first-order valence-corrected chi connectivity index (χ1v) is 22.6. The zero-order chi connectivity index (χ0) is 35.9. The predicted octanol–water partition coefficient (Wildman–Crippen LogP) is 15.2. The number of hydrogen-bond donors (Lipinski definition) is 0. The van der Waals surface area contributed by atoms with Crippen molar-refractivity contribution in [2.75, 3.05) is 13.2 Å². The number of hydrogen-bond acceptors (Lipinski definition) is 3. The second-order valence-electron chi connectivity index (χ2n) is 17.1. The van der Waals surface area contributed by atoms with Crippen LogP contribution in [0.1, 0.15) is 117 Å². The maximum atomic E-state index is 13.5. The maximum absolute atomic E-state index is 13.5. The molecule has 4 aliphatic rings. The first-order chi connectivity index (χ1) is 24.2. The van der Waals surface area contributed by atoms with Gasteiger partial charge in [0.2, 0.25) is 0 Å². The van der Waals surface area contributed by atoms with Gasteiger partial charge in [-0.05, 0) is 160 Å². The molecule has 3 aromatic rings. The SMILES string of the molecule is CC1CCC(C2CCC(COc3ccc(OCC4CCC(C5CCC(C)CC5)CC4)c4sc(-c5ccc(S(F)(F)(F)(F)F)cc5)cc34)CC2)CC1. The molecule has 0 radical (unpaired) electrons. The van der Waals surface area contributed by atoms with Crippen LogP contribution >= 0.6 is 21.6 Å². The molecule has 9 heteroatoms. The molecule has 0 saturated heterocycles. The number of rotatable bonds is 10. The van der Waals surface area contributed by atoms with E-state index in [2.05, 4.69) is 13.8 Å². The van der Waals surface area contributed by atoms with Crippen LogP contribution in [0.15, 0.2) is 47.4 Å². The zero-order valence-corrected chi connectivity index (χ0v) is 32.0. The number of benzene rings is 2. The van der Waals surface area contributed by atoms with Gasteiger partial charge < -0.3 is 9.47 Å². The summed E-state index contributed by atoms with van der Waals surface area (Å²) in [7, 11) is -9.75. The minimum Gasteiger partial charge on any atom is -0.493 e. The number of fused-ring (bicyclic) bond motifs is 1. The predicted molar refractivity (Wildman–Crippen MR) is 203 cm³/mol. The average Bonchev–Trinajstić information content (AvgIpc) is 3.57. The van der Waals surface area contributed by atoms with Gasteiger partial charge in [-0.25, -0.2) is 0 Å². The van der Waals surface area contributed by atoms with Gasteiger partial charge in [-0.3, -0.25) is 0 Å². The lowest BCUT2D eigenvalue weighted by Crippen LogP contribution is -2.27. The fourth-order valence-corrected chi connectivity index (χ4v) is 11.7. The Hall–Kier alpha value is -2.00. The average molecular weight is 753 g/mol. The maximum Gasteiger partial charge on any atom is 0.310 e. The third-order valence-corrected chi connectivity index (χ3v) is 15.7. The standard InChI is InChI=1S/C42H57F5O2S2/c1-28-3-11-32(12-4-28)34-15-7-30(8-16-34)26-48-39-23-24-40(49-27-31-9-17-35(18-10-31)33-13-5-29(2)6-14-33)42-38(39)25-41(50-42)36-19-21-37(22-20-36)51(43,44,45,46)47/h19-25,28-35H,3-18,26-27H2,1-2H3. The summed E-state index contributed by atoms with van der Waals surface area (Å²) in [5.41, 5.74) is 0.463. The van der Waals surface area contributed by atoms with Crippen molar-refractivity contribution in [2.24, 2.45) is 47.3 Å². The Bertz CT molecular complexity index is 1520. The number of thiophene rings is 1. The van der Waals surface area contributed by atoms with Crippen LogP contribution in [-0.4, -0.2) is 13.2 Å². The zero-order valence-electron chi connectivity index (χ0n) is 30.4. The summed E-state index contributed by atoms with van der Waals surface area (Å²) in [6.07, 6.45) is 20.8. The minimum absolute atomic E-state index is 0.463. The molecular weight excluding hydrogens is 696 g/mol. The van der Waals surface area contributed by atoms with Crippen molar-refractivity contribution in [1.29, 1.82) is 0 Å². The molecule has 0 bridgehead atoms. The molecule has 0 atom stereocenters. The summed E-state index contributed by atoms with van der Waals surface area (Å²) >= 11 is 1.42. The van der Waals surface area contributed by atoms with E-state index in [0.717, 1.165) is 69.2 Å². The van der Waals surface area contributed by atoms with Crippen LogP contribution < -0.4 is 9.47 Å². The van der Waals surface area contributed by atoms with Crippen LogP contribution in [0.25, 0.3) is 20.5 Å². The molecule has 1 heterocycles. The van der Waals surface area contributed by atoms with Crippen molar-refractivity contribution < 1.29 is 28.9 Å². The van der Waals surface area contributed by atoms with E-state index in [1.54, 1.807) is 0 Å². The van der Waals surface area contributed by atoms with Crippen molar-refractivity contribution in [3.63, 3.8) is 0 Å². The van der Waals surface area contributed by atoms with E-state index in [4.69, 9.17) is 9.47 Å². The van der Waals surface area contributed by atoms with Crippen molar-refractivity contribution in [1.82, 2.24) is 0 Å². The van der Waals surface area contributed by atoms with E-state index in [1.165, 1.54) is 114 Å². The molecule has 0 unspecified atom stereocenters. The molecule has 2 nitrogen and oxygen atoms in total. The number of halogens is 5. The lowest BCUT2D eigenvalue weighted by molar-refractivity contribution is 0.125. The van der Waals surface area contributed by atoms with E-state index in [1.807, 2.05) is 18.2 Å². The fraction of sp³-hybridized carbons (Fsp3) is 0.667. The Kier molecular flexibility index (Phi) is 10.5. The molecule has 2 aromatic carbocycles. The van der Waals surface area contributed by atoms with E-state index < -0.39 is 15.1 Å². The Morgan fingerprint density at radius 3 is 1.41 bits per heavy atom. The van der Waals surface area contributed by atoms with Crippen LogP contribution in [0.2, 0.25) is 0 Å². The minimum atomic E-state index is -9.75. The second-order valence-corrected chi connectivity index (χ2v) is 20.6. The van der Waals surface area contributed by atoms with Gasteiger partial charge in [-0.2, -0.15) is 0 Å². The van der Waals surface area contributed by atoms with Gasteiger partial charge in [0, 0.05) is 10.3 Å². The molecule has 0 N–H and O–H groups in total. The van der Waals surface area contributed by atoms with Gasteiger partial charge in [0.05, 0.1) is 17.9 Å². The van der Waals surface area contributed by atoms with Crippen molar-refractivity contribution in [3.8, 4) is 21.9 Å². The quantitative estimate of drug-likeness (QED) is 0.192. The third kappa shape index (κ3) is 9.21. The van der Waals surface area contributed by atoms with Gasteiger partial charge in [0.25, 0.3) is 0 Å². The van der Waals surface area contributed by atoms with E-state index in [9.17, 15) is 19.4 Å². The van der Waals surface area contributed by atoms with E-state index >= 15 is 0 Å². The molecule has 4 fully saturated rings. The van der Waals surface area contributed by atoms with Crippen LogP contribution in [0.3, 0.4) is 0 Å². The molecule has 4 saturated carbocycles. The highest BCUT2D eigenvalue weighted by Gasteiger charge is 2.65. The van der Waals surface area contributed by atoms with Crippen LogP contribution in [-0.2, 0) is 0 Å². The Morgan fingerprint density at radius 2 is 0.961 bits per heavy atom. The summed E-state index contributed by atoms with van der Waals surface area (Å²) in [5, 5.41) is 0.865. The Labute approximate surface area is 306 Å². The highest BCUT2D eigenvalue weighted by molar-refractivity contribution is 8.45. The molecule has 51 heavy (non-hydrogen) atoms. The first-order valence-electron chi connectivity index (χ1n) is 19.8. The normalized spacial score (nSPS) is 32.2. The second kappa shape index (κ2) is 14.3. The van der Waals surface area contributed by atoms with Gasteiger partial charge in [-0.15, -0.1) is 11.3 Å². The van der Waals surface area contributed by atoms with Gasteiger partial charge in [0.15, 0.2) is 0 Å².